The first-order valence-electron chi connectivity index (χ1n) is 17.9. The van der Waals surface area contributed by atoms with Crippen molar-refractivity contribution in [1.29, 1.82) is 0 Å². The lowest BCUT2D eigenvalue weighted by atomic mass is 9.97. The Balaban J connectivity index is 1.15. The summed E-state index contributed by atoms with van der Waals surface area (Å²) in [4.78, 5) is 2.52. The Bertz CT molecular complexity index is 3070. The van der Waals surface area contributed by atoms with Crippen LogP contribution in [0.5, 0.6) is 0 Å². The highest BCUT2D eigenvalue weighted by Crippen LogP contribution is 2.47. The molecule has 246 valence electrons. The van der Waals surface area contributed by atoms with Gasteiger partial charge in [-0.15, -0.1) is 22.7 Å². The smallest absolute Gasteiger partial charge is 0.114 e. The monoisotopic (exact) mass is 715 g/mol. The normalized spacial score (nSPS) is 13.3. The molecule has 1 aliphatic rings. The highest BCUT2D eigenvalue weighted by molar-refractivity contribution is 7.27. The molecule has 11 rings (SSSR count). The standard InChI is InChI=1S/C48H33NS2Si/c1-52(2)44-27-26-39-37-18-6-8-23-43(37)51-48(39)46(44)40-25-24-33(29-45(40)52)49(41-21-11-20-38-36-17-5-7-22-42(36)50-47(38)41)32-15-9-14-31(28-32)35-19-10-13-30-12-3-4-16-34(30)35/h3-29H,1-2H3. The summed E-state index contributed by atoms with van der Waals surface area (Å²) in [6.45, 7) is 5.08. The van der Waals surface area contributed by atoms with Gasteiger partial charge >= 0.3 is 0 Å². The minimum Gasteiger partial charge on any atom is -0.309 e. The molecule has 1 nitrogen and oxygen atoms in total. The van der Waals surface area contributed by atoms with Crippen molar-refractivity contribution in [2.24, 2.45) is 0 Å². The van der Waals surface area contributed by atoms with E-state index in [1.807, 2.05) is 22.7 Å². The van der Waals surface area contributed by atoms with Crippen molar-refractivity contribution in [2.75, 3.05) is 4.90 Å². The fourth-order valence-corrected chi connectivity index (χ4v) is 14.4. The fourth-order valence-electron chi connectivity index (χ4n) is 8.75. The van der Waals surface area contributed by atoms with E-state index in [-0.39, 0.29) is 0 Å². The fraction of sp³-hybridized carbons (Fsp3) is 0.0417. The maximum Gasteiger partial charge on any atom is 0.114 e. The number of rotatable bonds is 4. The quantitative estimate of drug-likeness (QED) is 0.164. The molecule has 0 unspecified atom stereocenters. The van der Waals surface area contributed by atoms with Crippen LogP contribution in [0.15, 0.2) is 164 Å². The number of anilines is 3. The zero-order valence-corrected chi connectivity index (χ0v) is 31.5. The first kappa shape index (κ1) is 30.1. The van der Waals surface area contributed by atoms with Crippen molar-refractivity contribution < 1.29 is 0 Å². The van der Waals surface area contributed by atoms with Gasteiger partial charge in [-0.1, -0.05) is 134 Å². The van der Waals surface area contributed by atoms with Crippen LogP contribution in [0.4, 0.5) is 17.1 Å². The predicted octanol–water partition coefficient (Wildman–Crippen LogP) is 13.5. The van der Waals surface area contributed by atoms with E-state index in [1.165, 1.54) is 89.9 Å². The highest BCUT2D eigenvalue weighted by atomic mass is 32.1. The van der Waals surface area contributed by atoms with E-state index in [0.29, 0.717) is 0 Å². The lowest BCUT2D eigenvalue weighted by molar-refractivity contribution is 1.31. The first-order valence-corrected chi connectivity index (χ1v) is 22.6. The molecule has 2 aromatic heterocycles. The Hall–Kier alpha value is -5.52. The van der Waals surface area contributed by atoms with Crippen LogP contribution in [0, 0.1) is 0 Å². The average molecular weight is 716 g/mol. The molecule has 8 aromatic carbocycles. The maximum absolute atomic E-state index is 2.54. The van der Waals surface area contributed by atoms with E-state index in [4.69, 9.17) is 0 Å². The number of hydrogen-bond acceptors (Lipinski definition) is 3. The van der Waals surface area contributed by atoms with Crippen molar-refractivity contribution >= 4 is 109 Å². The Labute approximate surface area is 311 Å². The van der Waals surface area contributed by atoms with E-state index < -0.39 is 8.07 Å². The van der Waals surface area contributed by atoms with Crippen LogP contribution in [-0.2, 0) is 0 Å². The van der Waals surface area contributed by atoms with Crippen molar-refractivity contribution in [3.63, 3.8) is 0 Å². The van der Waals surface area contributed by atoms with E-state index >= 15 is 0 Å². The average Bonchev–Trinajstić information content (AvgIpc) is 3.83. The van der Waals surface area contributed by atoms with Gasteiger partial charge in [-0.05, 0) is 85.9 Å². The molecule has 0 saturated carbocycles. The van der Waals surface area contributed by atoms with Crippen LogP contribution in [0.3, 0.4) is 0 Å². The van der Waals surface area contributed by atoms with Gasteiger partial charge in [0.2, 0.25) is 0 Å². The Morgan fingerprint density at radius 3 is 1.90 bits per heavy atom. The third kappa shape index (κ3) is 4.32. The molecule has 0 spiro atoms. The molecule has 0 amide bonds. The van der Waals surface area contributed by atoms with E-state index in [2.05, 4.69) is 182 Å². The predicted molar refractivity (Wildman–Crippen MR) is 232 cm³/mol. The van der Waals surface area contributed by atoms with Crippen LogP contribution in [-0.4, -0.2) is 8.07 Å². The lowest BCUT2D eigenvalue weighted by Gasteiger charge is -2.28. The van der Waals surface area contributed by atoms with Crippen LogP contribution in [0.2, 0.25) is 13.1 Å². The van der Waals surface area contributed by atoms with Crippen molar-refractivity contribution in [1.82, 2.24) is 0 Å². The number of hydrogen-bond donors (Lipinski definition) is 0. The molecule has 3 heterocycles. The molecular weight excluding hydrogens is 683 g/mol. The van der Waals surface area contributed by atoms with Crippen molar-refractivity contribution in [3.05, 3.63) is 164 Å². The van der Waals surface area contributed by atoms with Gasteiger partial charge in [0.25, 0.3) is 0 Å². The maximum atomic E-state index is 2.54. The summed E-state index contributed by atoms with van der Waals surface area (Å²) >= 11 is 3.85. The summed E-state index contributed by atoms with van der Waals surface area (Å²) in [6, 6.07) is 61.2. The SMILES string of the molecule is C[Si]1(C)c2cc(N(c3cccc(-c4cccc5ccccc45)c3)c3cccc4c3sc3ccccc34)ccc2-c2c1ccc1c2sc2ccccc21. The third-order valence-corrected chi connectivity index (χ3v) is 17.2. The number of thiophene rings is 2. The van der Waals surface area contributed by atoms with Gasteiger partial charge in [-0.25, -0.2) is 0 Å². The molecule has 0 aliphatic carbocycles. The molecule has 4 heteroatoms. The molecule has 0 N–H and O–H groups in total. The second-order valence-electron chi connectivity index (χ2n) is 14.5. The zero-order chi connectivity index (χ0) is 34.6. The molecule has 0 saturated heterocycles. The minimum absolute atomic E-state index is 1.16. The van der Waals surface area contributed by atoms with Crippen LogP contribution in [0.25, 0.3) is 73.4 Å². The van der Waals surface area contributed by atoms with Gasteiger partial charge in [0.15, 0.2) is 0 Å². The molecular formula is C48H33NS2Si. The van der Waals surface area contributed by atoms with Crippen molar-refractivity contribution in [2.45, 2.75) is 13.1 Å². The Kier molecular flexibility index (Phi) is 6.51. The molecule has 52 heavy (non-hydrogen) atoms. The van der Waals surface area contributed by atoms with Crippen LogP contribution >= 0.6 is 22.7 Å². The number of nitrogens with zero attached hydrogens (tertiary/aromatic N) is 1. The van der Waals surface area contributed by atoms with Crippen molar-refractivity contribution in [3.8, 4) is 22.3 Å². The molecule has 0 fully saturated rings. The second-order valence-corrected chi connectivity index (χ2v) is 20.9. The zero-order valence-electron chi connectivity index (χ0n) is 28.9. The van der Waals surface area contributed by atoms with E-state index in [0.717, 1.165) is 5.69 Å². The van der Waals surface area contributed by atoms with Gasteiger partial charge in [-0.3, -0.25) is 0 Å². The summed E-state index contributed by atoms with van der Waals surface area (Å²) in [5, 5.41) is 11.0. The topological polar surface area (TPSA) is 3.24 Å². The minimum atomic E-state index is -2.02. The van der Waals surface area contributed by atoms with Gasteiger partial charge in [-0.2, -0.15) is 0 Å². The first-order chi connectivity index (χ1) is 25.5. The highest BCUT2D eigenvalue weighted by Gasteiger charge is 2.39. The molecule has 0 radical (unpaired) electrons. The largest absolute Gasteiger partial charge is 0.309 e. The van der Waals surface area contributed by atoms with E-state index in [1.54, 1.807) is 5.19 Å². The molecule has 10 aromatic rings. The van der Waals surface area contributed by atoms with Gasteiger partial charge < -0.3 is 4.90 Å². The summed E-state index contributed by atoms with van der Waals surface area (Å²) in [5.74, 6) is 0. The Morgan fingerprint density at radius 1 is 0.442 bits per heavy atom. The third-order valence-electron chi connectivity index (χ3n) is 11.3. The summed E-state index contributed by atoms with van der Waals surface area (Å²) < 4.78 is 5.43. The van der Waals surface area contributed by atoms with Gasteiger partial charge in [0.05, 0.1) is 10.4 Å². The number of fused-ring (bicyclic) bond motifs is 11. The van der Waals surface area contributed by atoms with Gasteiger partial charge in [0.1, 0.15) is 8.07 Å². The Morgan fingerprint density at radius 2 is 1.08 bits per heavy atom. The number of benzene rings is 8. The van der Waals surface area contributed by atoms with Crippen LogP contribution in [0.1, 0.15) is 0 Å². The molecule has 1 aliphatic heterocycles. The van der Waals surface area contributed by atoms with E-state index in [9.17, 15) is 0 Å². The van der Waals surface area contributed by atoms with Gasteiger partial charge in [0, 0.05) is 47.0 Å². The second kappa shape index (κ2) is 11.2. The molecule has 0 bridgehead atoms. The summed E-state index contributed by atoms with van der Waals surface area (Å²) in [6.07, 6.45) is 0. The van der Waals surface area contributed by atoms with Crippen LogP contribution < -0.4 is 15.3 Å². The lowest BCUT2D eigenvalue weighted by Crippen LogP contribution is -2.49. The molecule has 0 atom stereocenters. The summed E-state index contributed by atoms with van der Waals surface area (Å²) in [7, 11) is -2.02. The summed E-state index contributed by atoms with van der Waals surface area (Å²) in [5.41, 5.74) is 8.95.